The largest absolute Gasteiger partial charge is 0.490 e. The molecule has 0 saturated heterocycles. The van der Waals surface area contributed by atoms with Crippen LogP contribution in [0, 0.1) is 0 Å². The maximum absolute atomic E-state index is 6.02. The number of hydrogen-bond donors (Lipinski definition) is 1. The lowest BCUT2D eigenvalue weighted by atomic mass is 10.3. The molecular weight excluding hydrogens is 337 g/mol. The van der Waals surface area contributed by atoms with Crippen LogP contribution in [-0.2, 0) is 0 Å². The highest BCUT2D eigenvalue weighted by molar-refractivity contribution is 7.99. The Bertz CT molecular complexity index is 587. The highest BCUT2D eigenvalue weighted by atomic mass is 35.5. The number of hydrogen-bond acceptors (Lipinski definition) is 3. The van der Waals surface area contributed by atoms with Crippen LogP contribution in [0.3, 0.4) is 0 Å². The summed E-state index contributed by atoms with van der Waals surface area (Å²) in [6, 6.07) is 10.8. The van der Waals surface area contributed by atoms with Crippen molar-refractivity contribution in [1.29, 1.82) is 0 Å². The summed E-state index contributed by atoms with van der Waals surface area (Å²) < 4.78 is 5.60. The second kappa shape index (κ2) is 7.32. The Kier molecular flexibility index (Phi) is 5.73. The third-order valence-corrected chi connectivity index (χ3v) is 4.37. The van der Waals surface area contributed by atoms with Gasteiger partial charge >= 0.3 is 0 Å². The molecule has 2 nitrogen and oxygen atoms in total. The van der Waals surface area contributed by atoms with Gasteiger partial charge in [0.15, 0.2) is 5.75 Å². The van der Waals surface area contributed by atoms with Crippen LogP contribution in [0.1, 0.15) is 0 Å². The minimum Gasteiger partial charge on any atom is -0.490 e. The number of benzene rings is 2. The quantitative estimate of drug-likeness (QED) is 0.446. The van der Waals surface area contributed by atoms with E-state index in [1.807, 2.05) is 12.1 Å². The van der Waals surface area contributed by atoms with E-state index in [1.165, 1.54) is 0 Å². The van der Waals surface area contributed by atoms with Crippen molar-refractivity contribution in [1.82, 2.24) is 0 Å². The minimum absolute atomic E-state index is 0.496. The summed E-state index contributed by atoms with van der Waals surface area (Å²) in [4.78, 5) is 1.04. The van der Waals surface area contributed by atoms with E-state index in [2.05, 4.69) is 0 Å². The molecule has 2 N–H and O–H groups in total. The Morgan fingerprint density at radius 2 is 1.70 bits per heavy atom. The van der Waals surface area contributed by atoms with Crippen LogP contribution in [0.25, 0.3) is 0 Å². The van der Waals surface area contributed by atoms with Crippen LogP contribution >= 0.6 is 46.6 Å². The van der Waals surface area contributed by atoms with Crippen LogP contribution in [0.5, 0.6) is 5.75 Å². The number of thioether (sulfide) groups is 1. The summed E-state index contributed by atoms with van der Waals surface area (Å²) in [6.45, 7) is 0.496. The fourth-order valence-corrected chi connectivity index (χ4v) is 3.04. The van der Waals surface area contributed by atoms with Gasteiger partial charge in [0.25, 0.3) is 0 Å². The second-order valence-electron chi connectivity index (χ2n) is 3.93. The number of rotatable bonds is 5. The first kappa shape index (κ1) is 15.6. The summed E-state index contributed by atoms with van der Waals surface area (Å²) in [6.07, 6.45) is 0. The molecule has 0 amide bonds. The zero-order valence-corrected chi connectivity index (χ0v) is 13.5. The lowest BCUT2D eigenvalue weighted by Gasteiger charge is -2.09. The fourth-order valence-electron chi connectivity index (χ4n) is 1.52. The first-order valence-corrected chi connectivity index (χ1v) is 7.94. The van der Waals surface area contributed by atoms with Crippen LogP contribution in [-0.4, -0.2) is 12.4 Å². The normalized spacial score (nSPS) is 10.6. The lowest BCUT2D eigenvalue weighted by molar-refractivity contribution is 0.344. The number of para-hydroxylation sites is 1. The average Bonchev–Trinajstić information content (AvgIpc) is 2.41. The number of anilines is 1. The Morgan fingerprint density at radius 3 is 2.35 bits per heavy atom. The third-order valence-electron chi connectivity index (χ3n) is 2.49. The SMILES string of the molecule is Nc1ccc(SCCOc2c(Cl)cccc2Cl)cc1Cl. The molecule has 2 rings (SSSR count). The molecule has 0 fully saturated rings. The van der Waals surface area contributed by atoms with E-state index < -0.39 is 0 Å². The van der Waals surface area contributed by atoms with E-state index in [0.717, 1.165) is 10.6 Å². The van der Waals surface area contributed by atoms with E-state index in [4.69, 9.17) is 45.3 Å². The predicted molar refractivity (Wildman–Crippen MR) is 88.5 cm³/mol. The van der Waals surface area contributed by atoms with Gasteiger partial charge in [-0.25, -0.2) is 0 Å². The molecule has 0 atom stereocenters. The molecule has 0 aliphatic heterocycles. The van der Waals surface area contributed by atoms with Gasteiger partial charge in [-0.1, -0.05) is 40.9 Å². The highest BCUT2D eigenvalue weighted by Gasteiger charge is 2.06. The van der Waals surface area contributed by atoms with Gasteiger partial charge in [-0.3, -0.25) is 0 Å². The standard InChI is InChI=1S/C14H12Cl3NOS/c15-10-2-1-3-11(16)14(10)19-6-7-20-9-4-5-13(18)12(17)8-9/h1-5,8H,6-7,18H2. The Hall–Kier alpha value is -0.740. The maximum atomic E-state index is 6.02. The molecular formula is C14H12Cl3NOS. The van der Waals surface area contributed by atoms with Crippen LogP contribution in [0.15, 0.2) is 41.3 Å². The van der Waals surface area contributed by atoms with E-state index in [1.54, 1.807) is 36.0 Å². The molecule has 0 bridgehead atoms. The molecule has 106 valence electrons. The van der Waals surface area contributed by atoms with Crippen LogP contribution < -0.4 is 10.5 Å². The molecule has 0 unspecified atom stereocenters. The molecule has 2 aromatic carbocycles. The van der Waals surface area contributed by atoms with Crippen molar-refractivity contribution in [3.05, 3.63) is 51.5 Å². The van der Waals surface area contributed by atoms with Crippen molar-refractivity contribution >= 4 is 52.3 Å². The van der Waals surface area contributed by atoms with E-state index >= 15 is 0 Å². The van der Waals surface area contributed by atoms with Crippen molar-refractivity contribution < 1.29 is 4.74 Å². The summed E-state index contributed by atoms with van der Waals surface area (Å²) in [5.41, 5.74) is 6.24. The Balaban J connectivity index is 1.86. The highest BCUT2D eigenvalue weighted by Crippen LogP contribution is 2.32. The van der Waals surface area contributed by atoms with Gasteiger partial charge in [0, 0.05) is 10.6 Å². The number of nitrogen functional groups attached to an aromatic ring is 1. The maximum Gasteiger partial charge on any atom is 0.156 e. The summed E-state index contributed by atoms with van der Waals surface area (Å²) in [5, 5.41) is 1.58. The summed E-state index contributed by atoms with van der Waals surface area (Å²) in [7, 11) is 0. The molecule has 0 saturated carbocycles. The van der Waals surface area contributed by atoms with Gasteiger partial charge in [0.05, 0.1) is 27.4 Å². The van der Waals surface area contributed by atoms with Crippen molar-refractivity contribution in [2.24, 2.45) is 0 Å². The molecule has 20 heavy (non-hydrogen) atoms. The number of nitrogens with two attached hydrogens (primary N) is 1. The molecule has 0 radical (unpaired) electrons. The van der Waals surface area contributed by atoms with Crippen molar-refractivity contribution in [2.45, 2.75) is 4.90 Å². The summed E-state index contributed by atoms with van der Waals surface area (Å²) in [5.74, 6) is 1.27. The van der Waals surface area contributed by atoms with Gasteiger partial charge in [-0.2, -0.15) is 0 Å². The van der Waals surface area contributed by atoms with Gasteiger partial charge in [-0.05, 0) is 30.3 Å². The van der Waals surface area contributed by atoms with Gasteiger partial charge in [0.2, 0.25) is 0 Å². The fraction of sp³-hybridized carbons (Fsp3) is 0.143. The van der Waals surface area contributed by atoms with Crippen molar-refractivity contribution in [3.8, 4) is 5.75 Å². The van der Waals surface area contributed by atoms with Gasteiger partial charge < -0.3 is 10.5 Å². The van der Waals surface area contributed by atoms with E-state index in [0.29, 0.717) is 33.1 Å². The van der Waals surface area contributed by atoms with Crippen LogP contribution in [0.2, 0.25) is 15.1 Å². The van der Waals surface area contributed by atoms with Gasteiger partial charge in [0.1, 0.15) is 0 Å². The number of halogens is 3. The monoisotopic (exact) mass is 347 g/mol. The van der Waals surface area contributed by atoms with Crippen molar-refractivity contribution in [3.63, 3.8) is 0 Å². The first-order chi connectivity index (χ1) is 9.58. The average molecular weight is 349 g/mol. The van der Waals surface area contributed by atoms with E-state index in [-0.39, 0.29) is 0 Å². The van der Waals surface area contributed by atoms with E-state index in [9.17, 15) is 0 Å². The topological polar surface area (TPSA) is 35.2 Å². The zero-order valence-electron chi connectivity index (χ0n) is 10.4. The smallest absolute Gasteiger partial charge is 0.156 e. The first-order valence-electron chi connectivity index (χ1n) is 5.82. The minimum atomic E-state index is 0.496. The predicted octanol–water partition coefficient (Wildman–Crippen LogP) is 5.40. The Morgan fingerprint density at radius 1 is 1.00 bits per heavy atom. The summed E-state index contributed by atoms with van der Waals surface area (Å²) >= 11 is 19.6. The molecule has 2 aromatic rings. The Labute approximate surface area is 137 Å². The zero-order chi connectivity index (χ0) is 14.5. The molecule has 0 aliphatic rings. The molecule has 0 aromatic heterocycles. The van der Waals surface area contributed by atoms with Crippen LogP contribution in [0.4, 0.5) is 5.69 Å². The molecule has 6 heteroatoms. The molecule has 0 aliphatic carbocycles. The number of ether oxygens (including phenoxy) is 1. The van der Waals surface area contributed by atoms with Gasteiger partial charge in [-0.15, -0.1) is 11.8 Å². The molecule has 0 spiro atoms. The van der Waals surface area contributed by atoms with Crippen molar-refractivity contribution in [2.75, 3.05) is 18.1 Å². The second-order valence-corrected chi connectivity index (χ2v) is 6.32. The third kappa shape index (κ3) is 4.13. The lowest BCUT2D eigenvalue weighted by Crippen LogP contribution is -2.01. The molecule has 0 heterocycles.